The Labute approximate surface area is 123 Å². The minimum absolute atomic E-state index is 0.247. The Kier molecular flexibility index (Phi) is 4.33. The number of piperidine rings is 1. The number of nitrogens with zero attached hydrogens (tertiary/aromatic N) is 1. The Morgan fingerprint density at radius 1 is 1.15 bits per heavy atom. The van der Waals surface area contributed by atoms with Gasteiger partial charge in [-0.2, -0.15) is 0 Å². The molecule has 0 bridgehead atoms. The molecule has 1 heterocycles. The van der Waals surface area contributed by atoms with E-state index >= 15 is 0 Å². The first-order chi connectivity index (χ1) is 9.40. The summed E-state index contributed by atoms with van der Waals surface area (Å²) in [7, 11) is 2.15. The predicted molar refractivity (Wildman–Crippen MR) is 84.4 cm³/mol. The van der Waals surface area contributed by atoms with Gasteiger partial charge in [-0.1, -0.05) is 24.6 Å². The Bertz CT molecular complexity index is 487. The van der Waals surface area contributed by atoms with E-state index in [0.717, 1.165) is 25.9 Å². The smallest absolute Gasteiger partial charge is 0.143 e. The zero-order chi connectivity index (χ0) is 14.9. The summed E-state index contributed by atoms with van der Waals surface area (Å²) in [6, 6.07) is 4.46. The van der Waals surface area contributed by atoms with Crippen LogP contribution in [0.5, 0.6) is 0 Å². The Balaban J connectivity index is 2.56. The third kappa shape index (κ3) is 2.54. The Hall–Kier alpha value is -1.15. The molecule has 0 spiro atoms. The van der Waals surface area contributed by atoms with Gasteiger partial charge in [0, 0.05) is 6.42 Å². The molecule has 2 heteroatoms. The van der Waals surface area contributed by atoms with Crippen molar-refractivity contribution in [3.8, 4) is 0 Å². The Morgan fingerprint density at radius 3 is 2.10 bits per heavy atom. The van der Waals surface area contributed by atoms with E-state index in [2.05, 4.69) is 44.9 Å². The van der Waals surface area contributed by atoms with E-state index in [0.29, 0.717) is 12.2 Å². The number of Topliss-reactive ketones (excluding diaryl/α,β-unsaturated/α-hetero) is 1. The van der Waals surface area contributed by atoms with Crippen molar-refractivity contribution < 1.29 is 4.79 Å². The van der Waals surface area contributed by atoms with Gasteiger partial charge in [0.1, 0.15) is 5.78 Å². The van der Waals surface area contributed by atoms with Crippen LogP contribution in [0.2, 0.25) is 0 Å². The van der Waals surface area contributed by atoms with Crippen molar-refractivity contribution in [3.63, 3.8) is 0 Å². The normalized spacial score (nSPS) is 19.1. The maximum atomic E-state index is 12.8. The number of benzene rings is 1. The first-order valence-corrected chi connectivity index (χ1v) is 7.71. The van der Waals surface area contributed by atoms with Gasteiger partial charge in [0.25, 0.3) is 0 Å². The molecule has 0 aromatic heterocycles. The molecule has 2 nitrogen and oxygen atoms in total. The van der Waals surface area contributed by atoms with Crippen LogP contribution in [0.15, 0.2) is 12.1 Å². The number of hydrogen-bond donors (Lipinski definition) is 0. The lowest BCUT2D eigenvalue weighted by molar-refractivity contribution is -0.126. The highest BCUT2D eigenvalue weighted by Crippen LogP contribution is 2.40. The molecule has 0 atom stereocenters. The SMILES string of the molecule is CCC(=O)C1(c2c(C)cc(C)cc2C)CCN(C)CC1. The van der Waals surface area contributed by atoms with Crippen LogP contribution < -0.4 is 0 Å². The number of carbonyl (C=O) groups is 1. The van der Waals surface area contributed by atoms with E-state index in [9.17, 15) is 4.79 Å². The molecule has 1 aliphatic heterocycles. The third-order valence-electron chi connectivity index (χ3n) is 4.85. The quantitative estimate of drug-likeness (QED) is 0.839. The number of hydrogen-bond acceptors (Lipinski definition) is 2. The van der Waals surface area contributed by atoms with Crippen molar-refractivity contribution >= 4 is 5.78 Å². The summed E-state index contributed by atoms with van der Waals surface area (Å²) in [5.41, 5.74) is 4.92. The lowest BCUT2D eigenvalue weighted by atomic mass is 9.66. The predicted octanol–water partition coefficient (Wildman–Crippen LogP) is 3.55. The van der Waals surface area contributed by atoms with Crippen molar-refractivity contribution in [2.75, 3.05) is 20.1 Å². The van der Waals surface area contributed by atoms with E-state index in [4.69, 9.17) is 0 Å². The maximum Gasteiger partial charge on any atom is 0.143 e. The highest BCUT2D eigenvalue weighted by molar-refractivity contribution is 5.91. The second-order valence-corrected chi connectivity index (χ2v) is 6.44. The second kappa shape index (κ2) is 5.69. The molecule has 1 aromatic carbocycles. The zero-order valence-electron chi connectivity index (χ0n) is 13.5. The molecule has 1 aromatic rings. The number of likely N-dealkylation sites (tertiary alicyclic amines) is 1. The van der Waals surface area contributed by atoms with Gasteiger partial charge in [-0.15, -0.1) is 0 Å². The number of rotatable bonds is 3. The highest BCUT2D eigenvalue weighted by atomic mass is 16.1. The van der Waals surface area contributed by atoms with Gasteiger partial charge < -0.3 is 4.90 Å². The molecule has 110 valence electrons. The molecule has 1 saturated heterocycles. The molecule has 1 fully saturated rings. The van der Waals surface area contributed by atoms with E-state index < -0.39 is 0 Å². The highest BCUT2D eigenvalue weighted by Gasteiger charge is 2.42. The standard InChI is InChI=1S/C18H27NO/c1-6-16(20)18(7-9-19(5)10-8-18)17-14(3)11-13(2)12-15(17)4/h11-12H,6-10H2,1-5H3. The number of carbonyl (C=O) groups excluding carboxylic acids is 1. The molecule has 0 N–H and O–H groups in total. The van der Waals surface area contributed by atoms with Crippen LogP contribution in [-0.4, -0.2) is 30.8 Å². The van der Waals surface area contributed by atoms with Gasteiger partial charge in [-0.05, 0) is 70.4 Å². The summed E-state index contributed by atoms with van der Waals surface area (Å²) in [6.07, 6.45) is 2.55. The number of ketones is 1. The second-order valence-electron chi connectivity index (χ2n) is 6.44. The first kappa shape index (κ1) is 15.2. The average molecular weight is 273 g/mol. The number of aryl methyl sites for hydroxylation is 3. The van der Waals surface area contributed by atoms with Crippen LogP contribution in [0.1, 0.15) is 48.4 Å². The van der Waals surface area contributed by atoms with Crippen LogP contribution >= 0.6 is 0 Å². The summed E-state index contributed by atoms with van der Waals surface area (Å²) in [5, 5.41) is 0. The lowest BCUT2D eigenvalue weighted by Gasteiger charge is -2.41. The molecule has 0 saturated carbocycles. The van der Waals surface area contributed by atoms with Crippen molar-refractivity contribution in [3.05, 3.63) is 34.4 Å². The summed E-state index contributed by atoms with van der Waals surface area (Å²) < 4.78 is 0. The van der Waals surface area contributed by atoms with Gasteiger partial charge in [0.05, 0.1) is 5.41 Å². The third-order valence-corrected chi connectivity index (χ3v) is 4.85. The van der Waals surface area contributed by atoms with Crippen LogP contribution in [-0.2, 0) is 10.2 Å². The minimum Gasteiger partial charge on any atom is -0.306 e. The van der Waals surface area contributed by atoms with Crippen molar-refractivity contribution in [1.29, 1.82) is 0 Å². The molecular weight excluding hydrogens is 246 g/mol. The van der Waals surface area contributed by atoms with Crippen molar-refractivity contribution in [2.45, 2.75) is 52.4 Å². The fraction of sp³-hybridized carbons (Fsp3) is 0.611. The average Bonchev–Trinajstić information content (AvgIpc) is 2.39. The first-order valence-electron chi connectivity index (χ1n) is 7.71. The van der Waals surface area contributed by atoms with E-state index in [1.807, 2.05) is 6.92 Å². The molecular formula is C18H27NO. The summed E-state index contributed by atoms with van der Waals surface area (Å²) in [5.74, 6) is 0.417. The van der Waals surface area contributed by atoms with Gasteiger partial charge in [-0.25, -0.2) is 0 Å². The Morgan fingerprint density at radius 2 is 1.65 bits per heavy atom. The molecule has 0 amide bonds. The van der Waals surface area contributed by atoms with Crippen molar-refractivity contribution in [1.82, 2.24) is 4.90 Å². The largest absolute Gasteiger partial charge is 0.306 e. The van der Waals surface area contributed by atoms with Gasteiger partial charge in [0.2, 0.25) is 0 Å². The van der Waals surface area contributed by atoms with Gasteiger partial charge in [0.15, 0.2) is 0 Å². The van der Waals surface area contributed by atoms with Crippen LogP contribution in [0.3, 0.4) is 0 Å². The molecule has 0 aliphatic carbocycles. The summed E-state index contributed by atoms with van der Waals surface area (Å²) in [6.45, 7) is 10.5. The molecule has 20 heavy (non-hydrogen) atoms. The van der Waals surface area contributed by atoms with E-state index in [-0.39, 0.29) is 5.41 Å². The monoisotopic (exact) mass is 273 g/mol. The summed E-state index contributed by atoms with van der Waals surface area (Å²) >= 11 is 0. The van der Waals surface area contributed by atoms with E-state index in [1.165, 1.54) is 22.3 Å². The van der Waals surface area contributed by atoms with Crippen molar-refractivity contribution in [2.24, 2.45) is 0 Å². The molecule has 0 radical (unpaired) electrons. The fourth-order valence-electron chi connectivity index (χ4n) is 3.94. The zero-order valence-corrected chi connectivity index (χ0v) is 13.5. The van der Waals surface area contributed by atoms with E-state index in [1.54, 1.807) is 0 Å². The maximum absolute atomic E-state index is 12.8. The molecule has 0 unspecified atom stereocenters. The van der Waals surface area contributed by atoms with Crippen LogP contribution in [0.25, 0.3) is 0 Å². The van der Waals surface area contributed by atoms with Crippen LogP contribution in [0, 0.1) is 20.8 Å². The fourth-order valence-corrected chi connectivity index (χ4v) is 3.94. The minimum atomic E-state index is -0.247. The van der Waals surface area contributed by atoms with Gasteiger partial charge >= 0.3 is 0 Å². The molecule has 1 aliphatic rings. The lowest BCUT2D eigenvalue weighted by Crippen LogP contribution is -2.46. The molecule has 2 rings (SSSR count). The van der Waals surface area contributed by atoms with Crippen LogP contribution in [0.4, 0.5) is 0 Å². The summed E-state index contributed by atoms with van der Waals surface area (Å²) in [4.78, 5) is 15.1. The van der Waals surface area contributed by atoms with Gasteiger partial charge in [-0.3, -0.25) is 4.79 Å². The topological polar surface area (TPSA) is 20.3 Å².